The van der Waals surface area contributed by atoms with Crippen LogP contribution in [0, 0.1) is 0 Å². The van der Waals surface area contributed by atoms with Crippen molar-refractivity contribution in [2.24, 2.45) is 0 Å². The van der Waals surface area contributed by atoms with Crippen LogP contribution in [0.25, 0.3) is 0 Å². The van der Waals surface area contributed by atoms with Crippen molar-refractivity contribution in [3.8, 4) is 5.75 Å². The highest BCUT2D eigenvalue weighted by molar-refractivity contribution is 6.68. The average molecular weight is 354 g/mol. The van der Waals surface area contributed by atoms with Gasteiger partial charge in [0.1, 0.15) is 5.75 Å². The van der Waals surface area contributed by atoms with E-state index in [4.69, 9.17) is 44.3 Å². The molecule has 1 aliphatic heterocycles. The summed E-state index contributed by atoms with van der Waals surface area (Å²) < 4.78 is 8.95. The highest BCUT2D eigenvalue weighted by atomic mass is 35.6. The van der Waals surface area contributed by atoms with Gasteiger partial charge in [0.2, 0.25) is 10.0 Å². The quantitative estimate of drug-likeness (QED) is 0.671. The first-order valence-electron chi connectivity index (χ1n) is 6.38. The minimum absolute atomic E-state index is 0.356. The van der Waals surface area contributed by atoms with E-state index in [2.05, 4.69) is 5.32 Å². The Morgan fingerprint density at radius 3 is 2.43 bits per heavy atom. The van der Waals surface area contributed by atoms with Gasteiger partial charge in [-0.15, -0.1) is 0 Å². The molecule has 0 bridgehead atoms. The number of nitrogens with zero attached hydrogens (tertiary/aromatic N) is 1. The molecule has 21 heavy (non-hydrogen) atoms. The summed E-state index contributed by atoms with van der Waals surface area (Å²) in [6, 6.07) is 8.48. The van der Waals surface area contributed by atoms with Gasteiger partial charge in [-0.05, 0) is 12.1 Å². The van der Waals surface area contributed by atoms with E-state index in [0.717, 1.165) is 0 Å². The van der Waals surface area contributed by atoms with E-state index in [0.29, 0.717) is 32.1 Å². The van der Waals surface area contributed by atoms with Crippen molar-refractivity contribution < 1.29 is 14.3 Å². The molecular weight excluding hydrogens is 339 g/mol. The van der Waals surface area contributed by atoms with Crippen molar-refractivity contribution in [1.29, 1.82) is 0 Å². The molecule has 1 aromatic carbocycles. The monoisotopic (exact) mass is 352 g/mol. The van der Waals surface area contributed by atoms with E-state index in [1.165, 1.54) is 0 Å². The minimum atomic E-state index is -1.79. The predicted octanol–water partition coefficient (Wildman–Crippen LogP) is 2.80. The van der Waals surface area contributed by atoms with Gasteiger partial charge >= 0.3 is 6.03 Å². The molecule has 0 saturated carbocycles. The van der Waals surface area contributed by atoms with Crippen LogP contribution >= 0.6 is 34.8 Å². The minimum Gasteiger partial charge on any atom is -0.466 e. The highest BCUT2D eigenvalue weighted by Gasteiger charge is 2.37. The lowest BCUT2D eigenvalue weighted by Crippen LogP contribution is -2.54. The number of rotatable bonds is 3. The Labute approximate surface area is 138 Å². The summed E-state index contributed by atoms with van der Waals surface area (Å²) in [4.78, 5) is 13.7. The number of carbonyl (C=O) groups excluding carboxylic acids is 1. The van der Waals surface area contributed by atoms with Gasteiger partial charge in [0.05, 0.1) is 13.2 Å². The molecular formula is C13H15Cl3N2O3. The Kier molecular flexibility index (Phi) is 5.81. The number of para-hydroxylation sites is 1. The number of halogens is 3. The Balaban J connectivity index is 2.01. The van der Waals surface area contributed by atoms with Gasteiger partial charge in [-0.2, -0.15) is 0 Å². The van der Waals surface area contributed by atoms with E-state index in [9.17, 15) is 4.79 Å². The van der Waals surface area contributed by atoms with Crippen LogP contribution in [0.2, 0.25) is 0 Å². The van der Waals surface area contributed by atoms with Crippen molar-refractivity contribution in [3.05, 3.63) is 30.3 Å². The molecule has 2 amide bonds. The fraction of sp³-hybridized carbons (Fsp3) is 0.462. The maximum atomic E-state index is 12.1. The fourth-order valence-electron chi connectivity index (χ4n) is 1.78. The first-order valence-corrected chi connectivity index (χ1v) is 7.52. The molecule has 1 N–H and O–H groups in total. The van der Waals surface area contributed by atoms with Gasteiger partial charge in [-0.3, -0.25) is 5.32 Å². The lowest BCUT2D eigenvalue weighted by Gasteiger charge is -2.31. The summed E-state index contributed by atoms with van der Waals surface area (Å²) in [6.07, 6.45) is -1.10. The van der Waals surface area contributed by atoms with Crippen LogP contribution in [0.3, 0.4) is 0 Å². The topological polar surface area (TPSA) is 50.8 Å². The molecule has 1 saturated heterocycles. The first-order chi connectivity index (χ1) is 9.97. The molecule has 0 radical (unpaired) electrons. The Morgan fingerprint density at radius 2 is 1.86 bits per heavy atom. The number of urea groups is 1. The fourth-order valence-corrected chi connectivity index (χ4v) is 2.08. The van der Waals surface area contributed by atoms with Crippen LogP contribution in [0.1, 0.15) is 0 Å². The number of alkyl halides is 3. The summed E-state index contributed by atoms with van der Waals surface area (Å²) in [6.45, 7) is 1.96. The number of ether oxygens (including phenoxy) is 2. The number of benzene rings is 1. The molecule has 0 spiro atoms. The summed E-state index contributed by atoms with van der Waals surface area (Å²) in [5.74, 6) is 0.496. The van der Waals surface area contributed by atoms with Crippen molar-refractivity contribution in [2.45, 2.75) is 10.0 Å². The van der Waals surface area contributed by atoms with Gasteiger partial charge in [0.25, 0.3) is 0 Å². The second kappa shape index (κ2) is 7.40. The Bertz CT molecular complexity index is 461. The number of amides is 2. The lowest BCUT2D eigenvalue weighted by molar-refractivity contribution is 0.0486. The molecule has 116 valence electrons. The number of hydrogen-bond donors (Lipinski definition) is 1. The SMILES string of the molecule is O=C(NC(Oc1ccccc1)C(Cl)(Cl)Cl)N1CCOCC1. The van der Waals surface area contributed by atoms with E-state index in [1.54, 1.807) is 29.2 Å². The molecule has 1 heterocycles. The maximum absolute atomic E-state index is 12.1. The third-order valence-electron chi connectivity index (χ3n) is 2.85. The van der Waals surface area contributed by atoms with Crippen LogP contribution in [0.15, 0.2) is 30.3 Å². The molecule has 0 aliphatic carbocycles. The number of hydrogen-bond acceptors (Lipinski definition) is 3. The van der Waals surface area contributed by atoms with Crippen molar-refractivity contribution >= 4 is 40.8 Å². The number of morpholine rings is 1. The summed E-state index contributed by atoms with van der Waals surface area (Å²) >= 11 is 17.6. The smallest absolute Gasteiger partial charge is 0.320 e. The molecule has 1 atom stereocenters. The molecule has 1 fully saturated rings. The molecule has 8 heteroatoms. The Hall–Kier alpha value is -0.880. The van der Waals surface area contributed by atoms with Gasteiger partial charge in [0.15, 0.2) is 0 Å². The second-order valence-corrected chi connectivity index (χ2v) is 6.77. The van der Waals surface area contributed by atoms with E-state index in [1.807, 2.05) is 6.07 Å². The van der Waals surface area contributed by atoms with Crippen molar-refractivity contribution in [1.82, 2.24) is 10.2 Å². The summed E-state index contributed by atoms with van der Waals surface area (Å²) in [5, 5.41) is 2.59. The van der Waals surface area contributed by atoms with Crippen LogP contribution in [0.5, 0.6) is 5.75 Å². The zero-order valence-electron chi connectivity index (χ0n) is 11.1. The zero-order valence-corrected chi connectivity index (χ0v) is 13.4. The molecule has 1 unspecified atom stereocenters. The lowest BCUT2D eigenvalue weighted by atomic mass is 10.3. The maximum Gasteiger partial charge on any atom is 0.320 e. The Morgan fingerprint density at radius 1 is 1.24 bits per heavy atom. The standard InChI is InChI=1S/C13H15Cl3N2O3/c14-13(15,16)11(21-10-4-2-1-3-5-10)17-12(19)18-6-8-20-9-7-18/h1-5,11H,6-9H2,(H,17,19). The van der Waals surface area contributed by atoms with Gasteiger partial charge in [-0.1, -0.05) is 53.0 Å². The predicted molar refractivity (Wildman–Crippen MR) is 82.1 cm³/mol. The number of carbonyl (C=O) groups is 1. The third kappa shape index (κ3) is 5.11. The van der Waals surface area contributed by atoms with Crippen molar-refractivity contribution in [2.75, 3.05) is 26.3 Å². The van der Waals surface area contributed by atoms with Crippen LogP contribution < -0.4 is 10.1 Å². The summed E-state index contributed by atoms with van der Waals surface area (Å²) in [5.41, 5.74) is 0. The molecule has 1 aromatic rings. The molecule has 5 nitrogen and oxygen atoms in total. The highest BCUT2D eigenvalue weighted by Crippen LogP contribution is 2.32. The number of nitrogens with one attached hydrogen (secondary N) is 1. The van der Waals surface area contributed by atoms with Gasteiger partial charge < -0.3 is 14.4 Å². The van der Waals surface area contributed by atoms with Crippen LogP contribution in [0.4, 0.5) is 4.79 Å². The van der Waals surface area contributed by atoms with Crippen molar-refractivity contribution in [3.63, 3.8) is 0 Å². The molecule has 2 rings (SSSR count). The van der Waals surface area contributed by atoms with Crippen LogP contribution in [-0.2, 0) is 4.74 Å². The largest absolute Gasteiger partial charge is 0.466 e. The molecule has 0 aromatic heterocycles. The van der Waals surface area contributed by atoms with Crippen LogP contribution in [-0.4, -0.2) is 47.3 Å². The second-order valence-electron chi connectivity index (χ2n) is 4.40. The first kappa shape index (κ1) is 16.5. The van der Waals surface area contributed by atoms with Gasteiger partial charge in [0, 0.05) is 13.1 Å². The van der Waals surface area contributed by atoms with E-state index < -0.39 is 10.0 Å². The molecule has 1 aliphatic rings. The zero-order chi connectivity index (χ0) is 15.3. The normalized spacial score (nSPS) is 17.2. The average Bonchev–Trinajstić information content (AvgIpc) is 2.47. The summed E-state index contributed by atoms with van der Waals surface area (Å²) in [7, 11) is 0. The van der Waals surface area contributed by atoms with E-state index in [-0.39, 0.29) is 6.03 Å². The third-order valence-corrected chi connectivity index (χ3v) is 3.44. The van der Waals surface area contributed by atoms with E-state index >= 15 is 0 Å². The van der Waals surface area contributed by atoms with Gasteiger partial charge in [-0.25, -0.2) is 4.79 Å².